The van der Waals surface area contributed by atoms with Gasteiger partial charge < -0.3 is 5.32 Å². The molecule has 0 radical (unpaired) electrons. The minimum absolute atomic E-state index is 0.128. The molecular formula is C12H12BrClN2O2. The van der Waals surface area contributed by atoms with Crippen molar-refractivity contribution in [1.82, 2.24) is 5.32 Å². The number of hydrogen-bond donors (Lipinski definition) is 1. The molecular weight excluding hydrogens is 320 g/mol. The van der Waals surface area contributed by atoms with Crippen LogP contribution in [0.1, 0.15) is 13.8 Å². The van der Waals surface area contributed by atoms with Gasteiger partial charge in [-0.3, -0.25) is 14.5 Å². The summed E-state index contributed by atoms with van der Waals surface area (Å²) in [6.45, 7) is 3.37. The lowest BCUT2D eigenvalue weighted by Gasteiger charge is -2.36. The Morgan fingerprint density at radius 2 is 2.00 bits per heavy atom. The van der Waals surface area contributed by atoms with Crippen molar-refractivity contribution in [2.24, 2.45) is 0 Å². The van der Waals surface area contributed by atoms with Crippen LogP contribution in [-0.2, 0) is 9.59 Å². The zero-order valence-electron chi connectivity index (χ0n) is 9.91. The van der Waals surface area contributed by atoms with Crippen molar-refractivity contribution in [2.45, 2.75) is 25.9 Å². The first kappa shape index (κ1) is 13.4. The van der Waals surface area contributed by atoms with E-state index in [1.54, 1.807) is 32.0 Å². The Morgan fingerprint density at radius 1 is 1.33 bits per heavy atom. The fourth-order valence-electron chi connectivity index (χ4n) is 1.90. The van der Waals surface area contributed by atoms with Crippen molar-refractivity contribution < 1.29 is 9.59 Å². The summed E-state index contributed by atoms with van der Waals surface area (Å²) < 4.78 is 0.695. The summed E-state index contributed by atoms with van der Waals surface area (Å²) in [5, 5.41) is 3.20. The third kappa shape index (κ3) is 2.24. The molecule has 1 aromatic carbocycles. The van der Waals surface area contributed by atoms with Crippen LogP contribution in [0.5, 0.6) is 0 Å². The Balaban J connectivity index is 2.43. The van der Waals surface area contributed by atoms with Crippen LogP contribution in [0.3, 0.4) is 0 Å². The molecule has 2 rings (SSSR count). The van der Waals surface area contributed by atoms with E-state index in [0.717, 1.165) is 0 Å². The van der Waals surface area contributed by atoms with Gasteiger partial charge in [0.1, 0.15) is 12.1 Å². The van der Waals surface area contributed by atoms with E-state index >= 15 is 0 Å². The molecule has 1 aliphatic rings. The number of amides is 2. The average molecular weight is 332 g/mol. The van der Waals surface area contributed by atoms with E-state index in [9.17, 15) is 9.59 Å². The van der Waals surface area contributed by atoms with Crippen molar-refractivity contribution >= 4 is 45.0 Å². The highest BCUT2D eigenvalue weighted by molar-refractivity contribution is 9.10. The first-order valence-electron chi connectivity index (χ1n) is 5.50. The number of piperazine rings is 1. The summed E-state index contributed by atoms with van der Waals surface area (Å²) in [6, 6.07) is 4.12. The molecule has 18 heavy (non-hydrogen) atoms. The number of halogens is 2. The predicted octanol–water partition coefficient (Wildman–Crippen LogP) is 2.34. The average Bonchev–Trinajstić information content (AvgIpc) is 2.31. The monoisotopic (exact) mass is 330 g/mol. The summed E-state index contributed by atoms with van der Waals surface area (Å²) in [5.74, 6) is -0.288. The number of hydrogen-bond acceptors (Lipinski definition) is 2. The van der Waals surface area contributed by atoms with Crippen LogP contribution in [0.4, 0.5) is 5.69 Å². The quantitative estimate of drug-likeness (QED) is 0.859. The van der Waals surface area contributed by atoms with E-state index < -0.39 is 12.1 Å². The van der Waals surface area contributed by atoms with Crippen LogP contribution < -0.4 is 10.2 Å². The second-order valence-corrected chi connectivity index (χ2v) is 5.47. The molecule has 1 fully saturated rings. The second kappa shape index (κ2) is 4.90. The van der Waals surface area contributed by atoms with Crippen LogP contribution >= 0.6 is 27.5 Å². The zero-order chi connectivity index (χ0) is 13.4. The summed E-state index contributed by atoms with van der Waals surface area (Å²) in [5.41, 5.74) is 0.658. The summed E-state index contributed by atoms with van der Waals surface area (Å²) in [4.78, 5) is 25.4. The minimum Gasteiger partial charge on any atom is -0.343 e. The number of carbonyl (C=O) groups excluding carboxylic acids is 2. The minimum atomic E-state index is -0.526. The van der Waals surface area contributed by atoms with Gasteiger partial charge in [-0.2, -0.15) is 0 Å². The van der Waals surface area contributed by atoms with Gasteiger partial charge in [-0.1, -0.05) is 11.6 Å². The number of carbonyl (C=O) groups is 2. The van der Waals surface area contributed by atoms with Crippen molar-refractivity contribution in [2.75, 3.05) is 4.90 Å². The molecule has 96 valence electrons. The standard InChI is InChI=1S/C12H12BrClN2O2/c1-6-12(18)16(7(2)11(17)15-6)8-3-4-10(14)9(13)5-8/h3-7H,1-2H3,(H,15,17). The van der Waals surface area contributed by atoms with Crippen LogP contribution in [0.15, 0.2) is 22.7 Å². The molecule has 2 amide bonds. The Kier molecular flexibility index (Phi) is 3.64. The predicted molar refractivity (Wildman–Crippen MR) is 73.7 cm³/mol. The van der Waals surface area contributed by atoms with Crippen molar-refractivity contribution in [3.63, 3.8) is 0 Å². The highest BCUT2D eigenvalue weighted by atomic mass is 79.9. The van der Waals surface area contributed by atoms with Gasteiger partial charge in [0.05, 0.1) is 5.02 Å². The number of benzene rings is 1. The van der Waals surface area contributed by atoms with E-state index in [2.05, 4.69) is 21.2 Å². The lowest BCUT2D eigenvalue weighted by Crippen LogP contribution is -2.61. The molecule has 0 bridgehead atoms. The van der Waals surface area contributed by atoms with Crippen LogP contribution in [0, 0.1) is 0 Å². The summed E-state index contributed by atoms with van der Waals surface area (Å²) in [6.07, 6.45) is 0. The van der Waals surface area contributed by atoms with Gasteiger partial charge in [-0.15, -0.1) is 0 Å². The van der Waals surface area contributed by atoms with Crippen LogP contribution in [0.2, 0.25) is 5.02 Å². The van der Waals surface area contributed by atoms with Gasteiger partial charge in [0, 0.05) is 10.2 Å². The molecule has 2 unspecified atom stereocenters. The molecule has 0 spiro atoms. The third-order valence-corrected chi connectivity index (χ3v) is 4.13. The first-order chi connectivity index (χ1) is 8.41. The normalized spacial score (nSPS) is 24.1. The Labute approximate surface area is 118 Å². The van der Waals surface area contributed by atoms with Gasteiger partial charge in [0.25, 0.3) is 0 Å². The Bertz CT molecular complexity index is 521. The third-order valence-electron chi connectivity index (χ3n) is 2.91. The molecule has 2 atom stereocenters. The van der Waals surface area contributed by atoms with E-state index in [4.69, 9.17) is 11.6 Å². The summed E-state index contributed by atoms with van der Waals surface area (Å²) in [7, 11) is 0. The highest BCUT2D eigenvalue weighted by Gasteiger charge is 2.36. The van der Waals surface area contributed by atoms with Gasteiger partial charge in [-0.05, 0) is 48.0 Å². The van der Waals surface area contributed by atoms with Crippen molar-refractivity contribution in [3.05, 3.63) is 27.7 Å². The maximum Gasteiger partial charge on any atom is 0.250 e. The Morgan fingerprint density at radius 3 is 2.61 bits per heavy atom. The van der Waals surface area contributed by atoms with E-state index in [-0.39, 0.29) is 11.8 Å². The number of anilines is 1. The molecule has 1 saturated heterocycles. The molecule has 0 aromatic heterocycles. The molecule has 1 aromatic rings. The Hall–Kier alpha value is -1.07. The molecule has 0 aliphatic carbocycles. The molecule has 1 N–H and O–H groups in total. The molecule has 6 heteroatoms. The topological polar surface area (TPSA) is 49.4 Å². The molecule has 1 aliphatic heterocycles. The first-order valence-corrected chi connectivity index (χ1v) is 6.67. The van der Waals surface area contributed by atoms with Crippen LogP contribution in [0.25, 0.3) is 0 Å². The molecule has 0 saturated carbocycles. The van der Waals surface area contributed by atoms with Gasteiger partial charge in [0.2, 0.25) is 11.8 Å². The lowest BCUT2D eigenvalue weighted by atomic mass is 10.1. The number of nitrogens with one attached hydrogen (secondary N) is 1. The highest BCUT2D eigenvalue weighted by Crippen LogP contribution is 2.29. The number of nitrogens with zero attached hydrogens (tertiary/aromatic N) is 1. The lowest BCUT2D eigenvalue weighted by molar-refractivity contribution is -0.133. The van der Waals surface area contributed by atoms with E-state index in [1.165, 1.54) is 4.90 Å². The van der Waals surface area contributed by atoms with E-state index in [1.807, 2.05) is 0 Å². The SMILES string of the molecule is CC1NC(=O)C(C)N(c2ccc(Cl)c(Br)c2)C1=O. The molecule has 4 nitrogen and oxygen atoms in total. The maximum absolute atomic E-state index is 12.1. The van der Waals surface area contributed by atoms with E-state index in [0.29, 0.717) is 15.2 Å². The number of rotatable bonds is 1. The second-order valence-electron chi connectivity index (χ2n) is 4.21. The van der Waals surface area contributed by atoms with Crippen molar-refractivity contribution in [3.8, 4) is 0 Å². The van der Waals surface area contributed by atoms with Gasteiger partial charge >= 0.3 is 0 Å². The fraction of sp³-hybridized carbons (Fsp3) is 0.333. The fourth-order valence-corrected chi connectivity index (χ4v) is 2.38. The largest absolute Gasteiger partial charge is 0.343 e. The van der Waals surface area contributed by atoms with Gasteiger partial charge in [0.15, 0.2) is 0 Å². The summed E-state index contributed by atoms with van der Waals surface area (Å²) >= 11 is 9.23. The zero-order valence-corrected chi connectivity index (χ0v) is 12.2. The van der Waals surface area contributed by atoms with Gasteiger partial charge in [-0.25, -0.2) is 0 Å². The molecule has 1 heterocycles. The smallest absolute Gasteiger partial charge is 0.250 e. The van der Waals surface area contributed by atoms with Crippen LogP contribution in [-0.4, -0.2) is 23.9 Å². The maximum atomic E-state index is 12.1. The van der Waals surface area contributed by atoms with Crippen molar-refractivity contribution in [1.29, 1.82) is 0 Å².